The Morgan fingerprint density at radius 2 is 1.90 bits per heavy atom. The number of benzene rings is 1. The van der Waals surface area contributed by atoms with Crippen LogP contribution in [0.15, 0.2) is 30.3 Å². The zero-order chi connectivity index (χ0) is 22.3. The fourth-order valence-electron chi connectivity index (χ4n) is 3.38. The Labute approximate surface area is 179 Å². The van der Waals surface area contributed by atoms with Gasteiger partial charge in [0.25, 0.3) is 5.91 Å². The summed E-state index contributed by atoms with van der Waals surface area (Å²) in [4.78, 5) is 40.2. The highest BCUT2D eigenvalue weighted by Gasteiger charge is 2.39. The second kappa shape index (κ2) is 10.7. The van der Waals surface area contributed by atoms with Crippen LogP contribution in [0.25, 0.3) is 0 Å². The van der Waals surface area contributed by atoms with Crippen LogP contribution in [0.4, 0.5) is 0 Å². The van der Waals surface area contributed by atoms with Gasteiger partial charge in [-0.05, 0) is 44.5 Å². The highest BCUT2D eigenvalue weighted by molar-refractivity contribution is 5.99. The fourth-order valence-corrected chi connectivity index (χ4v) is 3.38. The topological polar surface area (TPSA) is 87.7 Å². The minimum Gasteiger partial charge on any atom is -0.368 e. The Balaban J connectivity index is 2.13. The first kappa shape index (κ1) is 24.0. The summed E-state index contributed by atoms with van der Waals surface area (Å²) < 4.78 is 5.60. The largest absolute Gasteiger partial charge is 0.368 e. The van der Waals surface area contributed by atoms with Crippen molar-refractivity contribution in [2.75, 3.05) is 27.2 Å². The molecule has 166 valence electrons. The van der Waals surface area contributed by atoms with Crippen molar-refractivity contribution < 1.29 is 19.1 Å². The van der Waals surface area contributed by atoms with Crippen molar-refractivity contribution in [3.05, 3.63) is 35.9 Å². The first-order chi connectivity index (χ1) is 14.1. The van der Waals surface area contributed by atoms with E-state index in [4.69, 9.17) is 4.74 Å². The van der Waals surface area contributed by atoms with E-state index in [0.717, 1.165) is 13.0 Å². The number of ketones is 1. The van der Waals surface area contributed by atoms with Crippen molar-refractivity contribution in [3.63, 3.8) is 0 Å². The van der Waals surface area contributed by atoms with Gasteiger partial charge < -0.3 is 20.3 Å². The quantitative estimate of drug-likeness (QED) is 0.608. The summed E-state index contributed by atoms with van der Waals surface area (Å²) >= 11 is 0. The van der Waals surface area contributed by atoms with Crippen LogP contribution in [-0.2, 0) is 14.3 Å². The van der Waals surface area contributed by atoms with Crippen LogP contribution in [-0.4, -0.2) is 67.9 Å². The first-order valence-electron chi connectivity index (χ1n) is 10.6. The molecular formula is C23H35N3O4. The summed E-state index contributed by atoms with van der Waals surface area (Å²) in [6.07, 6.45) is 1.62. The maximum absolute atomic E-state index is 13.1. The van der Waals surface area contributed by atoms with Crippen molar-refractivity contribution in [2.45, 2.75) is 58.2 Å². The maximum atomic E-state index is 13.1. The van der Waals surface area contributed by atoms with E-state index in [1.807, 2.05) is 25.1 Å². The molecule has 0 spiro atoms. The van der Waals surface area contributed by atoms with Gasteiger partial charge in [-0.1, -0.05) is 45.4 Å². The number of ether oxygens (including phenoxy) is 1. The standard InChI is InChI=1S/C23H35N3O4/c1-6-23(2,3)14-17(24-21(28)16-10-8-7-9-11-16)22(29)25-20-18(27)15-30-19(20)12-13-26(4)5/h7-11,17,19-20H,6,12-15H2,1-5H3,(H,24,28)(H,25,29)/t17-,19?,20?/m0/s1. The number of carbonyl (C=O) groups is 3. The maximum Gasteiger partial charge on any atom is 0.251 e. The minimum absolute atomic E-state index is 0.00450. The molecule has 1 aliphatic rings. The number of nitrogens with one attached hydrogen (secondary N) is 2. The van der Waals surface area contributed by atoms with Gasteiger partial charge >= 0.3 is 0 Å². The smallest absolute Gasteiger partial charge is 0.251 e. The van der Waals surface area contributed by atoms with Crippen LogP contribution < -0.4 is 10.6 Å². The Kier molecular flexibility index (Phi) is 8.55. The van der Waals surface area contributed by atoms with E-state index >= 15 is 0 Å². The molecule has 3 atom stereocenters. The molecule has 2 unspecified atom stereocenters. The van der Waals surface area contributed by atoms with E-state index < -0.39 is 12.1 Å². The number of Topliss-reactive ketones (excluding diaryl/α,β-unsaturated/α-hetero) is 1. The molecular weight excluding hydrogens is 382 g/mol. The molecule has 2 rings (SSSR count). The molecule has 2 N–H and O–H groups in total. The molecule has 2 amide bonds. The van der Waals surface area contributed by atoms with Crippen molar-refractivity contribution in [2.24, 2.45) is 5.41 Å². The van der Waals surface area contributed by atoms with Gasteiger partial charge in [0.2, 0.25) is 5.91 Å². The van der Waals surface area contributed by atoms with Crippen molar-refractivity contribution in [3.8, 4) is 0 Å². The second-order valence-electron chi connectivity index (χ2n) is 9.01. The van der Waals surface area contributed by atoms with Crippen LogP contribution in [0.1, 0.15) is 50.4 Å². The SMILES string of the molecule is CCC(C)(C)C[C@H](NC(=O)c1ccccc1)C(=O)NC1C(=O)COC1CCN(C)C. The number of carbonyl (C=O) groups excluding carboxylic acids is 3. The Morgan fingerprint density at radius 3 is 2.50 bits per heavy atom. The molecule has 0 aromatic heterocycles. The molecule has 30 heavy (non-hydrogen) atoms. The fraction of sp³-hybridized carbons (Fsp3) is 0.609. The van der Waals surface area contributed by atoms with Gasteiger partial charge in [0.1, 0.15) is 18.7 Å². The predicted octanol–water partition coefficient (Wildman–Crippen LogP) is 2.02. The molecule has 0 bridgehead atoms. The summed E-state index contributed by atoms with van der Waals surface area (Å²) in [5, 5.41) is 5.73. The van der Waals surface area contributed by atoms with Gasteiger partial charge in [0.15, 0.2) is 5.78 Å². The van der Waals surface area contributed by atoms with E-state index in [0.29, 0.717) is 18.4 Å². The summed E-state index contributed by atoms with van der Waals surface area (Å²) in [5.74, 6) is -0.782. The third kappa shape index (κ3) is 6.92. The third-order valence-corrected chi connectivity index (χ3v) is 5.69. The van der Waals surface area contributed by atoms with Gasteiger partial charge in [0, 0.05) is 12.1 Å². The lowest BCUT2D eigenvalue weighted by Crippen LogP contribution is -2.54. The number of hydrogen-bond acceptors (Lipinski definition) is 5. The summed E-state index contributed by atoms with van der Waals surface area (Å²) in [6.45, 7) is 6.93. The van der Waals surface area contributed by atoms with Crippen molar-refractivity contribution >= 4 is 17.6 Å². The predicted molar refractivity (Wildman–Crippen MR) is 116 cm³/mol. The highest BCUT2D eigenvalue weighted by atomic mass is 16.5. The molecule has 0 aliphatic carbocycles. The number of hydrogen-bond donors (Lipinski definition) is 2. The van der Waals surface area contributed by atoms with Gasteiger partial charge in [-0.25, -0.2) is 0 Å². The molecule has 0 radical (unpaired) electrons. The lowest BCUT2D eigenvalue weighted by atomic mass is 9.83. The molecule has 1 aromatic carbocycles. The van der Waals surface area contributed by atoms with Gasteiger partial charge in [-0.15, -0.1) is 0 Å². The minimum atomic E-state index is -0.740. The van der Waals surface area contributed by atoms with Gasteiger partial charge in [-0.3, -0.25) is 14.4 Å². The van der Waals surface area contributed by atoms with Gasteiger partial charge in [0.05, 0.1) is 6.10 Å². The zero-order valence-corrected chi connectivity index (χ0v) is 18.7. The highest BCUT2D eigenvalue weighted by Crippen LogP contribution is 2.27. The number of nitrogens with zero attached hydrogens (tertiary/aromatic N) is 1. The number of rotatable bonds is 10. The van der Waals surface area contributed by atoms with Crippen molar-refractivity contribution in [1.29, 1.82) is 0 Å². The Hall–Kier alpha value is -2.25. The van der Waals surface area contributed by atoms with E-state index in [2.05, 4.69) is 31.4 Å². The van der Waals surface area contributed by atoms with E-state index in [1.165, 1.54) is 0 Å². The zero-order valence-electron chi connectivity index (χ0n) is 18.7. The van der Waals surface area contributed by atoms with Crippen molar-refractivity contribution in [1.82, 2.24) is 15.5 Å². The number of amides is 2. The average molecular weight is 418 g/mol. The Morgan fingerprint density at radius 1 is 1.23 bits per heavy atom. The average Bonchev–Trinajstić information content (AvgIpc) is 3.05. The monoisotopic (exact) mass is 417 g/mol. The summed E-state index contributed by atoms with van der Waals surface area (Å²) in [7, 11) is 3.90. The van der Waals surface area contributed by atoms with E-state index in [9.17, 15) is 14.4 Å². The van der Waals surface area contributed by atoms with Crippen LogP contribution in [0.2, 0.25) is 0 Å². The lowest BCUT2D eigenvalue weighted by molar-refractivity contribution is -0.128. The molecule has 7 nitrogen and oxygen atoms in total. The molecule has 1 aliphatic heterocycles. The molecule has 7 heteroatoms. The van der Waals surface area contributed by atoms with Crippen LogP contribution in [0, 0.1) is 5.41 Å². The molecule has 0 saturated carbocycles. The first-order valence-corrected chi connectivity index (χ1v) is 10.6. The summed E-state index contributed by atoms with van der Waals surface area (Å²) in [5.41, 5.74) is 0.348. The lowest BCUT2D eigenvalue weighted by Gasteiger charge is -2.30. The van der Waals surface area contributed by atoms with E-state index in [-0.39, 0.29) is 35.7 Å². The molecule has 1 aromatic rings. The van der Waals surface area contributed by atoms with E-state index in [1.54, 1.807) is 24.3 Å². The third-order valence-electron chi connectivity index (χ3n) is 5.69. The van der Waals surface area contributed by atoms with Gasteiger partial charge in [-0.2, -0.15) is 0 Å². The second-order valence-corrected chi connectivity index (χ2v) is 9.01. The summed E-state index contributed by atoms with van der Waals surface area (Å²) in [6, 6.07) is 7.39. The van der Waals surface area contributed by atoms with Crippen LogP contribution >= 0.6 is 0 Å². The van der Waals surface area contributed by atoms with Crippen LogP contribution in [0.3, 0.4) is 0 Å². The Bertz CT molecular complexity index is 733. The molecule has 1 saturated heterocycles. The van der Waals surface area contributed by atoms with Crippen LogP contribution in [0.5, 0.6) is 0 Å². The molecule has 1 heterocycles. The normalized spacial score (nSPS) is 20.3. The molecule has 1 fully saturated rings.